The van der Waals surface area contributed by atoms with Crippen LogP contribution in [0, 0.1) is 6.92 Å². The van der Waals surface area contributed by atoms with Crippen molar-refractivity contribution in [2.45, 2.75) is 16.8 Å². The minimum absolute atomic E-state index is 0.173. The number of aryl methyl sites for hydroxylation is 1. The first-order valence-electron chi connectivity index (χ1n) is 8.19. The Kier molecular flexibility index (Phi) is 4.50. The number of benzene rings is 2. The summed E-state index contributed by atoms with van der Waals surface area (Å²) in [6.45, 7) is 2.01. The van der Waals surface area contributed by atoms with E-state index in [1.54, 1.807) is 13.3 Å². The molecular weight excluding hydrogens is 382 g/mol. The number of ether oxygens (including phenoxy) is 1. The molecule has 138 valence electrons. The van der Waals surface area contributed by atoms with Gasteiger partial charge >= 0.3 is 5.91 Å². The van der Waals surface area contributed by atoms with Crippen molar-refractivity contribution in [3.8, 4) is 5.75 Å². The van der Waals surface area contributed by atoms with Crippen LogP contribution in [0.15, 0.2) is 52.5 Å². The van der Waals surface area contributed by atoms with Crippen molar-refractivity contribution < 1.29 is 9.53 Å². The molecule has 1 fully saturated rings. The number of thioether (sulfide) groups is 1. The quantitative estimate of drug-likeness (QED) is 0.540. The number of carbonyl (C=O) groups is 1. The third-order valence-electron chi connectivity index (χ3n) is 4.19. The molecule has 4 rings (SSSR count). The van der Waals surface area contributed by atoms with E-state index in [1.807, 2.05) is 49.4 Å². The summed E-state index contributed by atoms with van der Waals surface area (Å²) in [6.07, 6.45) is 1.56. The number of amides is 1. The van der Waals surface area contributed by atoms with Crippen molar-refractivity contribution in [1.29, 1.82) is 0 Å². The predicted molar refractivity (Wildman–Crippen MR) is 110 cm³/mol. The fourth-order valence-corrected chi connectivity index (χ4v) is 4.26. The molecule has 0 radical (unpaired) electrons. The van der Waals surface area contributed by atoms with Crippen LogP contribution in [0.4, 0.5) is 5.69 Å². The number of anilines is 1. The fourth-order valence-electron chi connectivity index (χ4n) is 2.84. The molecule has 0 saturated carbocycles. The molecule has 0 aliphatic carbocycles. The molecular formula is C18H17N5O2S2. The number of nitrogens with one attached hydrogen (secondary N) is 3. The number of rotatable bonds is 3. The second kappa shape index (κ2) is 6.84. The molecule has 1 atom stereocenters. The first-order valence-corrected chi connectivity index (χ1v) is 9.41. The number of carbonyl (C=O) groups excluding carboxylic acids is 1. The molecule has 1 unspecified atom stereocenters. The zero-order valence-electron chi connectivity index (χ0n) is 14.6. The van der Waals surface area contributed by atoms with Crippen LogP contribution in [-0.2, 0) is 4.79 Å². The van der Waals surface area contributed by atoms with Gasteiger partial charge in [-0.25, -0.2) is 0 Å². The number of para-hydroxylation sites is 1. The van der Waals surface area contributed by atoms with Gasteiger partial charge in [0.15, 0.2) is 0 Å². The number of hydrogen-bond acceptors (Lipinski definition) is 7. The van der Waals surface area contributed by atoms with E-state index in [1.165, 1.54) is 16.8 Å². The van der Waals surface area contributed by atoms with Crippen LogP contribution in [0.2, 0.25) is 0 Å². The number of hydrogen-bond donors (Lipinski definition) is 3. The highest BCUT2D eigenvalue weighted by Gasteiger charge is 2.51. The lowest BCUT2D eigenvalue weighted by Crippen LogP contribution is -2.70. The minimum atomic E-state index is -1.11. The highest BCUT2D eigenvalue weighted by molar-refractivity contribution is 8.02. The minimum Gasteiger partial charge on any atom is -0.496 e. The van der Waals surface area contributed by atoms with Crippen molar-refractivity contribution in [1.82, 2.24) is 15.9 Å². The summed E-state index contributed by atoms with van der Waals surface area (Å²) < 4.78 is 5.31. The van der Waals surface area contributed by atoms with Gasteiger partial charge in [-0.3, -0.25) is 10.2 Å². The summed E-state index contributed by atoms with van der Waals surface area (Å²) in [5, 5.41) is 8.89. The molecule has 1 amide bonds. The van der Waals surface area contributed by atoms with Gasteiger partial charge in [0, 0.05) is 10.5 Å². The van der Waals surface area contributed by atoms with Crippen molar-refractivity contribution in [2.24, 2.45) is 5.10 Å². The van der Waals surface area contributed by atoms with E-state index in [9.17, 15) is 4.79 Å². The fraction of sp³-hybridized carbons (Fsp3) is 0.167. The lowest BCUT2D eigenvalue weighted by molar-refractivity contribution is -0.131. The molecule has 7 nitrogen and oxygen atoms in total. The normalized spacial score (nSPS) is 21.3. The van der Waals surface area contributed by atoms with Gasteiger partial charge in [0.2, 0.25) is 10.1 Å². The summed E-state index contributed by atoms with van der Waals surface area (Å²) in [7, 11) is 1.59. The van der Waals surface area contributed by atoms with Gasteiger partial charge in [-0.1, -0.05) is 30.0 Å². The van der Waals surface area contributed by atoms with E-state index in [4.69, 9.17) is 17.0 Å². The smallest absolute Gasteiger partial charge is 0.303 e. The average molecular weight is 400 g/mol. The largest absolute Gasteiger partial charge is 0.496 e. The Morgan fingerprint density at radius 1 is 1.30 bits per heavy atom. The maximum atomic E-state index is 13.2. The maximum absolute atomic E-state index is 13.2. The zero-order valence-corrected chi connectivity index (χ0v) is 16.3. The third kappa shape index (κ3) is 3.14. The van der Waals surface area contributed by atoms with E-state index in [0.717, 1.165) is 21.7 Å². The third-order valence-corrected chi connectivity index (χ3v) is 5.71. The maximum Gasteiger partial charge on any atom is 0.303 e. The zero-order chi connectivity index (χ0) is 19.0. The van der Waals surface area contributed by atoms with Crippen LogP contribution in [0.25, 0.3) is 0 Å². The van der Waals surface area contributed by atoms with Crippen molar-refractivity contribution >= 4 is 46.9 Å². The molecule has 0 aromatic heterocycles. The highest BCUT2D eigenvalue weighted by Crippen LogP contribution is 2.45. The monoisotopic (exact) mass is 399 g/mol. The number of thiocarbonyl (C=S) groups is 1. The number of methoxy groups -OCH3 is 1. The molecule has 27 heavy (non-hydrogen) atoms. The Morgan fingerprint density at radius 2 is 2.11 bits per heavy atom. The first kappa shape index (κ1) is 17.8. The van der Waals surface area contributed by atoms with Crippen LogP contribution in [0.1, 0.15) is 11.1 Å². The van der Waals surface area contributed by atoms with Crippen LogP contribution in [-0.4, -0.2) is 34.3 Å². The predicted octanol–water partition coefficient (Wildman–Crippen LogP) is 2.43. The van der Waals surface area contributed by atoms with Crippen LogP contribution >= 0.6 is 24.0 Å². The summed E-state index contributed by atoms with van der Waals surface area (Å²) >= 11 is 6.64. The summed E-state index contributed by atoms with van der Waals surface area (Å²) in [5.41, 5.74) is 8.60. The van der Waals surface area contributed by atoms with Gasteiger partial charge < -0.3 is 10.1 Å². The molecule has 2 heterocycles. The Hall–Kier alpha value is -2.62. The lowest BCUT2D eigenvalue weighted by atomic mass is 10.2. The Morgan fingerprint density at radius 3 is 2.93 bits per heavy atom. The number of hydrazone groups is 1. The van der Waals surface area contributed by atoms with Crippen LogP contribution in [0.5, 0.6) is 5.75 Å². The molecule has 1 spiro atoms. The van der Waals surface area contributed by atoms with E-state index in [-0.39, 0.29) is 11.0 Å². The van der Waals surface area contributed by atoms with E-state index in [0.29, 0.717) is 5.75 Å². The van der Waals surface area contributed by atoms with E-state index >= 15 is 0 Å². The molecule has 0 bridgehead atoms. The van der Waals surface area contributed by atoms with Crippen LogP contribution in [0.3, 0.4) is 0 Å². The SMILES string of the molecule is COc1ccccc1/C=N/N1C(=O)C2(NNC1=S)Nc1ccc(C)cc1S2. The van der Waals surface area contributed by atoms with E-state index < -0.39 is 4.99 Å². The van der Waals surface area contributed by atoms with Gasteiger partial charge in [0.05, 0.1) is 19.0 Å². The van der Waals surface area contributed by atoms with Gasteiger partial charge in [-0.15, -0.1) is 0 Å². The standard InChI is InChI=1S/C18H17N5O2S2/c1-11-7-8-13-15(9-11)27-18(20-13)16(24)23(17(26)21-22-18)19-10-12-5-3-4-6-14(12)25-2/h3-10,20,22H,1-2H3,(H,21,26)/b19-10+. The van der Waals surface area contributed by atoms with Crippen molar-refractivity contribution in [3.05, 3.63) is 53.6 Å². The van der Waals surface area contributed by atoms with E-state index in [2.05, 4.69) is 21.3 Å². The average Bonchev–Trinajstić information content (AvgIpc) is 3.04. The molecule has 1 saturated heterocycles. The van der Waals surface area contributed by atoms with Gasteiger partial charge in [0.1, 0.15) is 5.75 Å². The summed E-state index contributed by atoms with van der Waals surface area (Å²) in [6, 6.07) is 13.4. The van der Waals surface area contributed by atoms with Crippen molar-refractivity contribution in [3.63, 3.8) is 0 Å². The Labute approximate surface area is 166 Å². The topological polar surface area (TPSA) is 78.0 Å². The molecule has 9 heteroatoms. The molecule has 2 aliphatic heterocycles. The second-order valence-corrected chi connectivity index (χ2v) is 7.71. The lowest BCUT2D eigenvalue weighted by Gasteiger charge is -2.37. The molecule has 2 aromatic carbocycles. The molecule has 3 N–H and O–H groups in total. The number of nitrogens with zero attached hydrogens (tertiary/aromatic N) is 2. The van der Waals surface area contributed by atoms with Gasteiger partial charge in [-0.05, 0) is 49.0 Å². The second-order valence-electron chi connectivity index (χ2n) is 6.07. The van der Waals surface area contributed by atoms with Crippen molar-refractivity contribution in [2.75, 3.05) is 12.4 Å². The van der Waals surface area contributed by atoms with Crippen LogP contribution < -0.4 is 20.9 Å². The number of fused-ring (bicyclic) bond motifs is 1. The van der Waals surface area contributed by atoms with Gasteiger partial charge in [-0.2, -0.15) is 15.5 Å². The van der Waals surface area contributed by atoms with Gasteiger partial charge in [0.25, 0.3) is 0 Å². The highest BCUT2D eigenvalue weighted by atomic mass is 32.2. The molecule has 2 aromatic rings. The summed E-state index contributed by atoms with van der Waals surface area (Å²) in [4.78, 5) is 13.1. The summed E-state index contributed by atoms with van der Waals surface area (Å²) in [5.74, 6) is 0.352. The first-order chi connectivity index (χ1) is 13.0. The Balaban J connectivity index is 1.62. The Bertz CT molecular complexity index is 965. The molecule has 2 aliphatic rings. The number of hydrazine groups is 1.